The molecule has 0 aromatic carbocycles. The molecule has 3 rings (SSSR count). The van der Waals surface area contributed by atoms with Crippen LogP contribution in [0.3, 0.4) is 0 Å². The van der Waals surface area contributed by atoms with Gasteiger partial charge < -0.3 is 5.73 Å². The van der Waals surface area contributed by atoms with Crippen molar-refractivity contribution in [3.8, 4) is 0 Å². The lowest BCUT2D eigenvalue weighted by atomic mass is 10.2. The van der Waals surface area contributed by atoms with Crippen molar-refractivity contribution in [1.29, 1.82) is 0 Å². The fourth-order valence-corrected chi connectivity index (χ4v) is 1.97. The summed E-state index contributed by atoms with van der Waals surface area (Å²) < 4.78 is 1.88. The van der Waals surface area contributed by atoms with Gasteiger partial charge in [0.1, 0.15) is 5.52 Å². The predicted molar refractivity (Wildman–Crippen MR) is 70.0 cm³/mol. The minimum Gasteiger partial charge on any atom is -0.369 e. The zero-order valence-corrected chi connectivity index (χ0v) is 10.0. The molecule has 0 atom stereocenters. The third-order valence-corrected chi connectivity index (χ3v) is 2.96. The van der Waals surface area contributed by atoms with E-state index in [0.29, 0.717) is 12.5 Å². The maximum absolute atomic E-state index is 5.94. The van der Waals surface area contributed by atoms with E-state index >= 15 is 0 Å². The van der Waals surface area contributed by atoms with E-state index in [4.69, 9.17) is 5.73 Å². The van der Waals surface area contributed by atoms with Crippen LogP contribution in [0, 0.1) is 6.92 Å². The standard InChI is InChI=1S/C13H13N5/c1-9-4-2-6-15-11(9)8-18-12-10(17-13(18)14)5-3-7-16-12/h2-7H,8H2,1H3,(H2,14,17). The molecule has 0 radical (unpaired) electrons. The van der Waals surface area contributed by atoms with Crippen LogP contribution in [0.25, 0.3) is 11.2 Å². The molecule has 0 saturated carbocycles. The van der Waals surface area contributed by atoms with Crippen LogP contribution in [-0.2, 0) is 6.54 Å². The number of hydrogen-bond acceptors (Lipinski definition) is 4. The van der Waals surface area contributed by atoms with Crippen molar-refractivity contribution in [2.75, 3.05) is 5.73 Å². The second kappa shape index (κ2) is 4.10. The summed E-state index contributed by atoms with van der Waals surface area (Å²) in [5.74, 6) is 0.466. The highest BCUT2D eigenvalue weighted by Gasteiger charge is 2.10. The molecular weight excluding hydrogens is 226 g/mol. The van der Waals surface area contributed by atoms with Crippen LogP contribution in [0.5, 0.6) is 0 Å². The van der Waals surface area contributed by atoms with E-state index in [1.165, 1.54) is 0 Å². The van der Waals surface area contributed by atoms with Gasteiger partial charge in [-0.1, -0.05) is 6.07 Å². The molecule has 18 heavy (non-hydrogen) atoms. The molecular formula is C13H13N5. The van der Waals surface area contributed by atoms with Gasteiger partial charge in [-0.15, -0.1) is 0 Å². The first-order chi connectivity index (χ1) is 8.75. The monoisotopic (exact) mass is 239 g/mol. The number of anilines is 1. The van der Waals surface area contributed by atoms with E-state index in [2.05, 4.69) is 15.0 Å². The van der Waals surface area contributed by atoms with Crippen molar-refractivity contribution in [2.24, 2.45) is 0 Å². The summed E-state index contributed by atoms with van der Waals surface area (Å²) >= 11 is 0. The predicted octanol–water partition coefficient (Wildman–Crippen LogP) is 1.77. The van der Waals surface area contributed by atoms with Crippen LogP contribution in [-0.4, -0.2) is 19.5 Å². The van der Waals surface area contributed by atoms with Crippen molar-refractivity contribution in [1.82, 2.24) is 19.5 Å². The zero-order chi connectivity index (χ0) is 12.5. The second-order valence-corrected chi connectivity index (χ2v) is 4.17. The first kappa shape index (κ1) is 10.7. The number of hydrogen-bond donors (Lipinski definition) is 1. The number of nitrogens with zero attached hydrogens (tertiary/aromatic N) is 4. The Morgan fingerprint density at radius 3 is 2.78 bits per heavy atom. The van der Waals surface area contributed by atoms with E-state index in [1.807, 2.05) is 35.8 Å². The summed E-state index contributed by atoms with van der Waals surface area (Å²) in [6.07, 6.45) is 3.52. The van der Waals surface area contributed by atoms with Crippen molar-refractivity contribution in [2.45, 2.75) is 13.5 Å². The molecule has 0 saturated heterocycles. The second-order valence-electron chi connectivity index (χ2n) is 4.17. The molecule has 2 N–H and O–H groups in total. The number of fused-ring (bicyclic) bond motifs is 1. The topological polar surface area (TPSA) is 69.6 Å². The van der Waals surface area contributed by atoms with Crippen LogP contribution in [0.2, 0.25) is 0 Å². The lowest BCUT2D eigenvalue weighted by Gasteiger charge is -2.07. The largest absolute Gasteiger partial charge is 0.369 e. The molecule has 0 aliphatic heterocycles. The smallest absolute Gasteiger partial charge is 0.202 e. The summed E-state index contributed by atoms with van der Waals surface area (Å²) in [5, 5.41) is 0. The number of aryl methyl sites for hydroxylation is 1. The minimum absolute atomic E-state index is 0.466. The zero-order valence-electron chi connectivity index (χ0n) is 10.0. The molecule has 0 spiro atoms. The van der Waals surface area contributed by atoms with Gasteiger partial charge in [0.05, 0.1) is 12.2 Å². The van der Waals surface area contributed by atoms with E-state index in [0.717, 1.165) is 22.4 Å². The number of nitrogens with two attached hydrogens (primary N) is 1. The Morgan fingerprint density at radius 1 is 1.17 bits per heavy atom. The SMILES string of the molecule is Cc1cccnc1Cn1c(N)nc2cccnc21. The fraction of sp³-hybridized carbons (Fsp3) is 0.154. The van der Waals surface area contributed by atoms with E-state index in [1.54, 1.807) is 12.4 Å². The average Bonchev–Trinajstić information content (AvgIpc) is 2.69. The van der Waals surface area contributed by atoms with Crippen molar-refractivity contribution in [3.63, 3.8) is 0 Å². The normalized spacial score (nSPS) is 10.9. The Kier molecular flexibility index (Phi) is 2.44. The van der Waals surface area contributed by atoms with Gasteiger partial charge in [-0.2, -0.15) is 0 Å². The first-order valence-electron chi connectivity index (χ1n) is 5.73. The van der Waals surface area contributed by atoms with Gasteiger partial charge in [0.15, 0.2) is 5.65 Å². The number of rotatable bonds is 2. The summed E-state index contributed by atoms with van der Waals surface area (Å²) in [7, 11) is 0. The van der Waals surface area contributed by atoms with Gasteiger partial charge in [-0.25, -0.2) is 9.97 Å². The van der Waals surface area contributed by atoms with Crippen molar-refractivity contribution in [3.05, 3.63) is 47.9 Å². The van der Waals surface area contributed by atoms with Crippen molar-refractivity contribution >= 4 is 17.1 Å². The van der Waals surface area contributed by atoms with Crippen LogP contribution >= 0.6 is 0 Å². The van der Waals surface area contributed by atoms with E-state index in [-0.39, 0.29) is 0 Å². The number of nitrogen functional groups attached to an aromatic ring is 1. The third-order valence-electron chi connectivity index (χ3n) is 2.96. The molecule has 0 unspecified atom stereocenters. The summed E-state index contributed by atoms with van der Waals surface area (Å²) in [6, 6.07) is 7.71. The van der Waals surface area contributed by atoms with Crippen LogP contribution < -0.4 is 5.73 Å². The Morgan fingerprint density at radius 2 is 1.94 bits per heavy atom. The Bertz CT molecular complexity index is 701. The molecule has 0 fully saturated rings. The van der Waals surface area contributed by atoms with Crippen LogP contribution in [0.4, 0.5) is 5.95 Å². The molecule has 0 aliphatic carbocycles. The van der Waals surface area contributed by atoms with Gasteiger partial charge in [-0.05, 0) is 30.7 Å². The fourth-order valence-electron chi connectivity index (χ4n) is 1.97. The van der Waals surface area contributed by atoms with Crippen LogP contribution in [0.15, 0.2) is 36.7 Å². The highest BCUT2D eigenvalue weighted by Crippen LogP contribution is 2.17. The summed E-state index contributed by atoms with van der Waals surface area (Å²) in [5.41, 5.74) is 9.65. The van der Waals surface area contributed by atoms with Crippen LogP contribution in [0.1, 0.15) is 11.3 Å². The average molecular weight is 239 g/mol. The Hall–Kier alpha value is -2.43. The van der Waals surface area contributed by atoms with Gasteiger partial charge in [0, 0.05) is 12.4 Å². The molecule has 3 aromatic heterocycles. The van der Waals surface area contributed by atoms with E-state index in [9.17, 15) is 0 Å². The van der Waals surface area contributed by atoms with Gasteiger partial charge in [0.2, 0.25) is 5.95 Å². The minimum atomic E-state index is 0.466. The highest BCUT2D eigenvalue weighted by molar-refractivity contribution is 5.73. The highest BCUT2D eigenvalue weighted by atomic mass is 15.2. The molecule has 3 heterocycles. The molecule has 0 bridgehead atoms. The van der Waals surface area contributed by atoms with E-state index < -0.39 is 0 Å². The first-order valence-corrected chi connectivity index (χ1v) is 5.73. The molecule has 90 valence electrons. The number of imidazole rings is 1. The molecule has 3 aromatic rings. The number of aromatic nitrogens is 4. The molecule has 5 heteroatoms. The lowest BCUT2D eigenvalue weighted by Crippen LogP contribution is -2.07. The molecule has 0 amide bonds. The summed E-state index contributed by atoms with van der Waals surface area (Å²) in [6.45, 7) is 2.62. The third kappa shape index (κ3) is 1.69. The maximum atomic E-state index is 5.94. The maximum Gasteiger partial charge on any atom is 0.202 e. The molecule has 0 aliphatic rings. The van der Waals surface area contributed by atoms with Gasteiger partial charge in [-0.3, -0.25) is 9.55 Å². The quantitative estimate of drug-likeness (QED) is 0.739. The Balaban J connectivity index is 2.10. The van der Waals surface area contributed by atoms with Crippen molar-refractivity contribution < 1.29 is 0 Å². The molecule has 5 nitrogen and oxygen atoms in total. The summed E-state index contributed by atoms with van der Waals surface area (Å²) in [4.78, 5) is 13.0. The van der Waals surface area contributed by atoms with Gasteiger partial charge in [0.25, 0.3) is 0 Å². The number of pyridine rings is 2. The Labute approximate surface area is 104 Å². The van der Waals surface area contributed by atoms with Gasteiger partial charge >= 0.3 is 0 Å². The lowest BCUT2D eigenvalue weighted by molar-refractivity contribution is 0.793.